The predicted molar refractivity (Wildman–Crippen MR) is 70.6 cm³/mol. The van der Waals surface area contributed by atoms with Crippen molar-refractivity contribution in [1.29, 1.82) is 0 Å². The summed E-state index contributed by atoms with van der Waals surface area (Å²) in [5.74, 6) is 0.984. The Labute approximate surface area is 113 Å². The summed E-state index contributed by atoms with van der Waals surface area (Å²) >= 11 is 0. The quantitative estimate of drug-likeness (QED) is 0.632. The Bertz CT molecular complexity index is 712. The monoisotopic (exact) mass is 276 g/mol. The maximum Gasteiger partial charge on any atom is 0.348 e. The number of rotatable bonds is 4. The third kappa shape index (κ3) is 2.94. The average Bonchev–Trinajstić information content (AvgIpc) is 2.40. The van der Waals surface area contributed by atoms with Crippen molar-refractivity contribution in [2.24, 2.45) is 0 Å². The number of anilines is 1. The van der Waals surface area contributed by atoms with E-state index in [1.807, 2.05) is 0 Å². The van der Waals surface area contributed by atoms with Crippen LogP contribution in [0.4, 0.5) is 11.5 Å². The summed E-state index contributed by atoms with van der Waals surface area (Å²) in [7, 11) is 1.71. The summed E-state index contributed by atoms with van der Waals surface area (Å²) in [6, 6.07) is 1.75. The Kier molecular flexibility index (Phi) is 3.69. The van der Waals surface area contributed by atoms with Gasteiger partial charge < -0.3 is 5.32 Å². The minimum atomic E-state index is -0.612. The number of nitro groups is 1. The van der Waals surface area contributed by atoms with Gasteiger partial charge in [0.2, 0.25) is 0 Å². The van der Waals surface area contributed by atoms with E-state index in [-0.39, 0.29) is 12.2 Å². The Morgan fingerprint density at radius 3 is 2.85 bits per heavy atom. The molecule has 0 spiro atoms. The average molecular weight is 276 g/mol. The number of hydrogen-bond donors (Lipinski definition) is 1. The molecule has 2 aromatic rings. The zero-order valence-electron chi connectivity index (χ0n) is 10.9. The first-order valence-corrected chi connectivity index (χ1v) is 5.73. The molecule has 0 aliphatic rings. The van der Waals surface area contributed by atoms with Gasteiger partial charge in [-0.25, -0.2) is 14.8 Å². The molecular weight excluding hydrogens is 264 g/mol. The van der Waals surface area contributed by atoms with Gasteiger partial charge in [0.1, 0.15) is 12.0 Å². The SMILES string of the molecule is CNc1cc(C)nc(Cn2cc([N+](=O)[O-])cnc2=O)n1. The zero-order chi connectivity index (χ0) is 14.7. The van der Waals surface area contributed by atoms with Crippen molar-refractivity contribution in [2.45, 2.75) is 13.5 Å². The topological polar surface area (TPSA) is 116 Å². The molecule has 0 aliphatic heterocycles. The van der Waals surface area contributed by atoms with Crippen molar-refractivity contribution in [1.82, 2.24) is 19.5 Å². The highest BCUT2D eigenvalue weighted by Gasteiger charge is 2.11. The van der Waals surface area contributed by atoms with Gasteiger partial charge in [-0.2, -0.15) is 4.98 Å². The van der Waals surface area contributed by atoms with E-state index in [1.165, 1.54) is 0 Å². The number of nitrogens with zero attached hydrogens (tertiary/aromatic N) is 5. The highest BCUT2D eigenvalue weighted by molar-refractivity contribution is 5.34. The van der Waals surface area contributed by atoms with Crippen LogP contribution in [-0.4, -0.2) is 31.5 Å². The summed E-state index contributed by atoms with van der Waals surface area (Å²) in [5.41, 5.74) is -0.122. The van der Waals surface area contributed by atoms with Crippen molar-refractivity contribution in [3.63, 3.8) is 0 Å². The molecule has 0 unspecified atom stereocenters. The normalized spacial score (nSPS) is 10.3. The molecule has 2 rings (SSSR count). The molecule has 2 heterocycles. The Morgan fingerprint density at radius 2 is 2.20 bits per heavy atom. The molecule has 0 saturated carbocycles. The number of nitrogens with one attached hydrogen (secondary N) is 1. The van der Waals surface area contributed by atoms with Gasteiger partial charge in [-0.05, 0) is 6.92 Å². The molecule has 0 bridgehead atoms. The molecule has 0 amide bonds. The van der Waals surface area contributed by atoms with Crippen LogP contribution in [0.1, 0.15) is 11.5 Å². The van der Waals surface area contributed by atoms with Gasteiger partial charge in [-0.3, -0.25) is 14.7 Å². The van der Waals surface area contributed by atoms with Crippen molar-refractivity contribution in [2.75, 3.05) is 12.4 Å². The van der Waals surface area contributed by atoms with Gasteiger partial charge in [0.15, 0.2) is 5.82 Å². The Morgan fingerprint density at radius 1 is 1.45 bits per heavy atom. The van der Waals surface area contributed by atoms with Gasteiger partial charge in [0.05, 0.1) is 17.7 Å². The lowest BCUT2D eigenvalue weighted by Crippen LogP contribution is -2.24. The fourth-order valence-electron chi connectivity index (χ4n) is 1.63. The Hall–Kier alpha value is -2.84. The van der Waals surface area contributed by atoms with Crippen molar-refractivity contribution in [3.05, 3.63) is 50.6 Å². The Balaban J connectivity index is 2.39. The lowest BCUT2D eigenvalue weighted by Gasteiger charge is -2.06. The van der Waals surface area contributed by atoms with Gasteiger partial charge >= 0.3 is 11.4 Å². The van der Waals surface area contributed by atoms with E-state index in [4.69, 9.17) is 0 Å². The highest BCUT2D eigenvalue weighted by atomic mass is 16.6. The maximum atomic E-state index is 11.6. The molecule has 0 fully saturated rings. The van der Waals surface area contributed by atoms with E-state index in [1.54, 1.807) is 20.0 Å². The molecular formula is C11H12N6O3. The smallest absolute Gasteiger partial charge is 0.348 e. The molecule has 104 valence electrons. The maximum absolute atomic E-state index is 11.6. The summed E-state index contributed by atoms with van der Waals surface area (Å²) in [6.45, 7) is 1.81. The fourth-order valence-corrected chi connectivity index (χ4v) is 1.63. The van der Waals surface area contributed by atoms with Crippen LogP contribution in [0.25, 0.3) is 0 Å². The largest absolute Gasteiger partial charge is 0.373 e. The zero-order valence-corrected chi connectivity index (χ0v) is 10.9. The third-order valence-corrected chi connectivity index (χ3v) is 2.52. The lowest BCUT2D eigenvalue weighted by atomic mass is 10.4. The van der Waals surface area contributed by atoms with Crippen LogP contribution in [0.3, 0.4) is 0 Å². The highest BCUT2D eigenvalue weighted by Crippen LogP contribution is 2.08. The van der Waals surface area contributed by atoms with E-state index < -0.39 is 10.6 Å². The molecule has 0 aliphatic carbocycles. The molecule has 9 heteroatoms. The van der Waals surface area contributed by atoms with Crippen LogP contribution in [-0.2, 0) is 6.54 Å². The van der Waals surface area contributed by atoms with Gasteiger partial charge in [-0.1, -0.05) is 0 Å². The van der Waals surface area contributed by atoms with Crippen molar-refractivity contribution in [3.8, 4) is 0 Å². The minimum Gasteiger partial charge on any atom is -0.373 e. The van der Waals surface area contributed by atoms with Crippen molar-refractivity contribution >= 4 is 11.5 Å². The fraction of sp³-hybridized carbons (Fsp3) is 0.273. The van der Waals surface area contributed by atoms with Gasteiger partial charge in [-0.15, -0.1) is 0 Å². The molecule has 1 N–H and O–H groups in total. The molecule has 0 radical (unpaired) electrons. The van der Waals surface area contributed by atoms with Crippen LogP contribution < -0.4 is 11.0 Å². The van der Waals surface area contributed by atoms with Crippen LogP contribution in [0, 0.1) is 17.0 Å². The van der Waals surface area contributed by atoms with E-state index in [2.05, 4.69) is 20.3 Å². The molecule has 2 aromatic heterocycles. The number of aryl methyl sites for hydroxylation is 1. The molecule has 0 atom stereocenters. The summed E-state index contributed by atoms with van der Waals surface area (Å²) in [6.07, 6.45) is 2.05. The first kappa shape index (κ1) is 13.6. The molecule has 20 heavy (non-hydrogen) atoms. The summed E-state index contributed by atoms with van der Waals surface area (Å²) in [5, 5.41) is 13.6. The second-order valence-corrected chi connectivity index (χ2v) is 4.04. The molecule has 9 nitrogen and oxygen atoms in total. The first-order valence-electron chi connectivity index (χ1n) is 5.73. The molecule has 0 aromatic carbocycles. The van der Waals surface area contributed by atoms with Gasteiger partial charge in [0.25, 0.3) is 0 Å². The number of aromatic nitrogens is 4. The molecule has 0 saturated heterocycles. The third-order valence-electron chi connectivity index (χ3n) is 2.52. The second-order valence-electron chi connectivity index (χ2n) is 4.04. The summed E-state index contributed by atoms with van der Waals surface area (Å²) < 4.78 is 1.10. The predicted octanol–water partition coefficient (Wildman–Crippen LogP) is 0.340. The van der Waals surface area contributed by atoms with E-state index in [0.29, 0.717) is 11.6 Å². The lowest BCUT2D eigenvalue weighted by molar-refractivity contribution is -0.385. The standard InChI is InChI=1S/C11H12N6O3/c1-7-3-9(12-2)15-10(14-7)6-16-5-8(17(19)20)4-13-11(16)18/h3-5H,6H2,1-2H3,(H,12,14,15). The van der Waals surface area contributed by atoms with Crippen molar-refractivity contribution < 1.29 is 4.92 Å². The van der Waals surface area contributed by atoms with Gasteiger partial charge in [0, 0.05) is 18.8 Å². The van der Waals surface area contributed by atoms with Crippen LogP contribution in [0.2, 0.25) is 0 Å². The van der Waals surface area contributed by atoms with Crippen LogP contribution in [0.5, 0.6) is 0 Å². The van der Waals surface area contributed by atoms with E-state index in [9.17, 15) is 14.9 Å². The van der Waals surface area contributed by atoms with Crippen LogP contribution >= 0.6 is 0 Å². The van der Waals surface area contributed by atoms with E-state index >= 15 is 0 Å². The van der Waals surface area contributed by atoms with E-state index in [0.717, 1.165) is 22.7 Å². The second kappa shape index (κ2) is 5.43. The minimum absolute atomic E-state index is 0.0177. The summed E-state index contributed by atoms with van der Waals surface area (Å²) in [4.78, 5) is 33.5. The first-order chi connectivity index (χ1) is 9.49. The van der Waals surface area contributed by atoms with Crippen LogP contribution in [0.15, 0.2) is 23.3 Å². The number of hydrogen-bond acceptors (Lipinski definition) is 7.